The maximum atomic E-state index is 13.3. The van der Waals surface area contributed by atoms with E-state index in [1.54, 1.807) is 11.0 Å². The van der Waals surface area contributed by atoms with E-state index in [0.29, 0.717) is 31.8 Å². The lowest BCUT2D eigenvalue weighted by atomic mass is 9.91. The van der Waals surface area contributed by atoms with E-state index in [9.17, 15) is 18.4 Å². The van der Waals surface area contributed by atoms with Crippen molar-refractivity contribution < 1.29 is 18.4 Å². The molecular formula is C19H24F2N2O2. The van der Waals surface area contributed by atoms with Crippen LogP contribution in [0.5, 0.6) is 0 Å². The fourth-order valence-electron chi connectivity index (χ4n) is 3.73. The van der Waals surface area contributed by atoms with E-state index in [0.717, 1.165) is 43.9 Å². The summed E-state index contributed by atoms with van der Waals surface area (Å²) < 4.78 is 26.3. The van der Waals surface area contributed by atoms with Gasteiger partial charge in [0.1, 0.15) is 0 Å². The van der Waals surface area contributed by atoms with Gasteiger partial charge in [0.25, 0.3) is 0 Å². The number of hydrogen-bond acceptors (Lipinski definition) is 2. The van der Waals surface area contributed by atoms with Gasteiger partial charge in [0.05, 0.1) is 6.54 Å². The van der Waals surface area contributed by atoms with Gasteiger partial charge in [-0.2, -0.15) is 0 Å². The molecule has 4 nitrogen and oxygen atoms in total. The number of halogens is 2. The number of piperidine rings is 1. The number of rotatable bonds is 5. The quantitative estimate of drug-likeness (QED) is 0.819. The number of amides is 2. The van der Waals surface area contributed by atoms with Crippen LogP contribution in [0.1, 0.15) is 37.7 Å². The number of likely N-dealkylation sites (tertiary alicyclic amines) is 2. The second-order valence-electron chi connectivity index (χ2n) is 7.05. The molecule has 2 heterocycles. The molecular weight excluding hydrogens is 326 g/mol. The SMILES string of the molecule is O=C1CCCN1CC(=O)N1CCC[C@H](CCc2ccc(F)c(F)c2)C1. The first-order valence-corrected chi connectivity index (χ1v) is 9.02. The minimum absolute atomic E-state index is 0.0211. The van der Waals surface area contributed by atoms with Crippen LogP contribution >= 0.6 is 0 Å². The highest BCUT2D eigenvalue weighted by Crippen LogP contribution is 2.23. The Hall–Kier alpha value is -1.98. The van der Waals surface area contributed by atoms with Crippen LogP contribution in [0.25, 0.3) is 0 Å². The summed E-state index contributed by atoms with van der Waals surface area (Å²) in [7, 11) is 0. The van der Waals surface area contributed by atoms with Gasteiger partial charge in [-0.15, -0.1) is 0 Å². The zero-order chi connectivity index (χ0) is 17.8. The Morgan fingerprint density at radius 2 is 2.00 bits per heavy atom. The second kappa shape index (κ2) is 7.93. The molecule has 136 valence electrons. The van der Waals surface area contributed by atoms with Gasteiger partial charge in [-0.25, -0.2) is 8.78 Å². The number of nitrogens with zero attached hydrogens (tertiary/aromatic N) is 2. The molecule has 0 aromatic heterocycles. The zero-order valence-electron chi connectivity index (χ0n) is 14.3. The van der Waals surface area contributed by atoms with Crippen molar-refractivity contribution in [2.45, 2.75) is 38.5 Å². The molecule has 1 aromatic carbocycles. The first-order chi connectivity index (χ1) is 12.0. The number of hydrogen-bond donors (Lipinski definition) is 0. The van der Waals surface area contributed by atoms with E-state index >= 15 is 0 Å². The van der Waals surface area contributed by atoms with Crippen LogP contribution < -0.4 is 0 Å². The van der Waals surface area contributed by atoms with E-state index in [1.807, 2.05) is 4.90 Å². The lowest BCUT2D eigenvalue weighted by Gasteiger charge is -2.34. The van der Waals surface area contributed by atoms with Gasteiger partial charge in [0, 0.05) is 26.1 Å². The third-order valence-electron chi connectivity index (χ3n) is 5.19. The largest absolute Gasteiger partial charge is 0.341 e. The molecule has 0 N–H and O–H groups in total. The van der Waals surface area contributed by atoms with Gasteiger partial charge in [-0.1, -0.05) is 6.07 Å². The Bertz CT molecular complexity index is 650. The van der Waals surface area contributed by atoms with Crippen molar-refractivity contribution in [3.63, 3.8) is 0 Å². The summed E-state index contributed by atoms with van der Waals surface area (Å²) in [4.78, 5) is 27.6. The second-order valence-corrected chi connectivity index (χ2v) is 7.05. The summed E-state index contributed by atoms with van der Waals surface area (Å²) in [5.74, 6) is -1.18. The van der Waals surface area contributed by atoms with Gasteiger partial charge < -0.3 is 9.80 Å². The summed E-state index contributed by atoms with van der Waals surface area (Å²) in [6.45, 7) is 2.29. The van der Waals surface area contributed by atoms with Crippen molar-refractivity contribution in [2.75, 3.05) is 26.2 Å². The van der Waals surface area contributed by atoms with E-state index in [4.69, 9.17) is 0 Å². The first kappa shape index (κ1) is 17.8. The fraction of sp³-hybridized carbons (Fsp3) is 0.579. The van der Waals surface area contributed by atoms with Gasteiger partial charge >= 0.3 is 0 Å². The molecule has 0 radical (unpaired) electrons. The van der Waals surface area contributed by atoms with Gasteiger partial charge in [-0.3, -0.25) is 9.59 Å². The third kappa shape index (κ3) is 4.55. The van der Waals surface area contributed by atoms with E-state index in [1.165, 1.54) is 6.07 Å². The first-order valence-electron chi connectivity index (χ1n) is 9.02. The highest BCUT2D eigenvalue weighted by Gasteiger charge is 2.28. The van der Waals surface area contributed by atoms with Crippen LogP contribution in [0.2, 0.25) is 0 Å². The molecule has 0 saturated carbocycles. The van der Waals surface area contributed by atoms with Crippen molar-refractivity contribution in [2.24, 2.45) is 5.92 Å². The molecule has 3 rings (SSSR count). The fourth-order valence-corrected chi connectivity index (χ4v) is 3.73. The summed E-state index contributed by atoms with van der Waals surface area (Å²) in [5.41, 5.74) is 0.782. The minimum Gasteiger partial charge on any atom is -0.341 e. The van der Waals surface area contributed by atoms with Crippen LogP contribution in [0.3, 0.4) is 0 Å². The number of benzene rings is 1. The van der Waals surface area contributed by atoms with Crippen molar-refractivity contribution in [3.05, 3.63) is 35.4 Å². The monoisotopic (exact) mass is 350 g/mol. The number of carbonyl (C=O) groups excluding carboxylic acids is 2. The normalized spacial score (nSPS) is 21.0. The maximum Gasteiger partial charge on any atom is 0.242 e. The number of carbonyl (C=O) groups is 2. The van der Waals surface area contributed by atoms with Crippen molar-refractivity contribution >= 4 is 11.8 Å². The molecule has 0 aliphatic carbocycles. The van der Waals surface area contributed by atoms with Gasteiger partial charge in [0.2, 0.25) is 11.8 Å². The Morgan fingerprint density at radius 3 is 2.72 bits per heavy atom. The number of aryl methyl sites for hydroxylation is 1. The highest BCUT2D eigenvalue weighted by atomic mass is 19.2. The summed E-state index contributed by atoms with van der Waals surface area (Å²) >= 11 is 0. The van der Waals surface area contributed by atoms with Crippen LogP contribution in [-0.2, 0) is 16.0 Å². The molecule has 0 unspecified atom stereocenters. The van der Waals surface area contributed by atoms with E-state index < -0.39 is 11.6 Å². The zero-order valence-corrected chi connectivity index (χ0v) is 14.3. The predicted octanol–water partition coefficient (Wildman–Crippen LogP) is 2.76. The lowest BCUT2D eigenvalue weighted by molar-refractivity contribution is -0.139. The molecule has 2 saturated heterocycles. The van der Waals surface area contributed by atoms with Crippen LogP contribution in [0.4, 0.5) is 8.78 Å². The van der Waals surface area contributed by atoms with E-state index in [-0.39, 0.29) is 18.4 Å². The molecule has 2 aliphatic heterocycles. The average Bonchev–Trinajstić information content (AvgIpc) is 3.01. The van der Waals surface area contributed by atoms with Crippen LogP contribution in [0, 0.1) is 17.6 Å². The van der Waals surface area contributed by atoms with Gasteiger partial charge in [-0.05, 0) is 55.7 Å². The standard InChI is InChI=1S/C19H24F2N2O2/c20-16-8-7-14(11-17(16)21)5-6-15-3-1-9-22(12-15)19(25)13-23-10-2-4-18(23)24/h7-8,11,15H,1-6,9-10,12-13H2/t15-/m1/s1. The Kier molecular flexibility index (Phi) is 5.66. The smallest absolute Gasteiger partial charge is 0.242 e. The van der Waals surface area contributed by atoms with Gasteiger partial charge in [0.15, 0.2) is 11.6 Å². The average molecular weight is 350 g/mol. The Morgan fingerprint density at radius 1 is 1.16 bits per heavy atom. The van der Waals surface area contributed by atoms with Crippen molar-refractivity contribution in [1.82, 2.24) is 9.80 Å². The van der Waals surface area contributed by atoms with Crippen LogP contribution in [-0.4, -0.2) is 47.8 Å². The molecule has 0 bridgehead atoms. The molecule has 1 atom stereocenters. The molecule has 1 aromatic rings. The van der Waals surface area contributed by atoms with Crippen LogP contribution in [0.15, 0.2) is 18.2 Å². The molecule has 2 fully saturated rings. The maximum absolute atomic E-state index is 13.3. The Balaban J connectivity index is 1.49. The summed E-state index contributed by atoms with van der Waals surface area (Å²) in [5, 5.41) is 0. The van der Waals surface area contributed by atoms with Crippen molar-refractivity contribution in [1.29, 1.82) is 0 Å². The highest BCUT2D eigenvalue weighted by molar-refractivity contribution is 5.85. The molecule has 2 aliphatic rings. The predicted molar refractivity (Wildman–Crippen MR) is 89.8 cm³/mol. The topological polar surface area (TPSA) is 40.6 Å². The Labute approximate surface area is 146 Å². The van der Waals surface area contributed by atoms with Crippen molar-refractivity contribution in [3.8, 4) is 0 Å². The minimum atomic E-state index is -0.824. The molecule has 25 heavy (non-hydrogen) atoms. The summed E-state index contributed by atoms with van der Waals surface area (Å²) in [6.07, 6.45) is 4.89. The summed E-state index contributed by atoms with van der Waals surface area (Å²) in [6, 6.07) is 4.03. The molecule has 6 heteroatoms. The third-order valence-corrected chi connectivity index (χ3v) is 5.19. The lowest BCUT2D eigenvalue weighted by Crippen LogP contribution is -2.45. The molecule has 2 amide bonds. The molecule has 0 spiro atoms. The van der Waals surface area contributed by atoms with E-state index in [2.05, 4.69) is 0 Å².